The van der Waals surface area contributed by atoms with Gasteiger partial charge in [-0.3, -0.25) is 4.79 Å². The molecule has 0 N–H and O–H groups in total. The van der Waals surface area contributed by atoms with Crippen molar-refractivity contribution >= 4 is 82.3 Å². The second-order valence-corrected chi connectivity index (χ2v) is 14.9. The van der Waals surface area contributed by atoms with Gasteiger partial charge in [-0.1, -0.05) is 103 Å². The number of hydrogen-bond acceptors (Lipinski definition) is 3. The summed E-state index contributed by atoms with van der Waals surface area (Å²) in [5.41, 5.74) is 11.7. The van der Waals surface area contributed by atoms with Crippen molar-refractivity contribution in [1.29, 1.82) is 0 Å². The molecule has 0 saturated carbocycles. The number of ketones is 1. The summed E-state index contributed by atoms with van der Waals surface area (Å²) in [6.45, 7) is 0. The van der Waals surface area contributed by atoms with Crippen LogP contribution in [0.1, 0.15) is 15.9 Å². The van der Waals surface area contributed by atoms with E-state index in [1.165, 1.54) is 91.6 Å². The van der Waals surface area contributed by atoms with E-state index < -0.39 is 0 Å². The third kappa shape index (κ3) is 2.92. The van der Waals surface area contributed by atoms with E-state index in [9.17, 15) is 4.79 Å². The summed E-state index contributed by atoms with van der Waals surface area (Å²) in [5.74, 6) is 0.117. The summed E-state index contributed by atoms with van der Waals surface area (Å²) < 4.78 is 0. The summed E-state index contributed by atoms with van der Waals surface area (Å²) in [7, 11) is 0. The predicted octanol–water partition coefficient (Wildman–Crippen LogP) is 13.2. The second kappa shape index (κ2) is 8.84. The van der Waals surface area contributed by atoms with Gasteiger partial charge < -0.3 is 0 Å². The van der Waals surface area contributed by atoms with Crippen molar-refractivity contribution in [3.63, 3.8) is 0 Å². The first-order valence-electron chi connectivity index (χ1n) is 16.3. The number of rotatable bonds is 2. The number of carbonyl (C=O) groups excluding carboxylic acids is 1. The zero-order valence-corrected chi connectivity index (χ0v) is 27.1. The molecule has 0 amide bonds. The number of hydrogen-bond donors (Lipinski definition) is 0. The number of carbonyl (C=O) groups is 1. The average Bonchev–Trinajstić information content (AvgIpc) is 3.93. The monoisotopic (exact) mass is 642 g/mol. The van der Waals surface area contributed by atoms with Gasteiger partial charge in [-0.25, -0.2) is 0 Å². The molecule has 0 atom stereocenters. The van der Waals surface area contributed by atoms with Gasteiger partial charge in [-0.15, -0.1) is 22.7 Å². The molecule has 0 fully saturated rings. The van der Waals surface area contributed by atoms with Gasteiger partial charge in [0.1, 0.15) is 0 Å². The van der Waals surface area contributed by atoms with Gasteiger partial charge in [0, 0.05) is 48.5 Å². The Morgan fingerprint density at radius 2 is 0.771 bits per heavy atom. The van der Waals surface area contributed by atoms with Crippen LogP contribution >= 0.6 is 22.7 Å². The van der Waals surface area contributed by atoms with Gasteiger partial charge in [-0.05, 0) is 99.7 Å². The number of fused-ring (bicyclic) bond motifs is 8. The van der Waals surface area contributed by atoms with Crippen LogP contribution in [0.4, 0.5) is 0 Å². The first-order valence-corrected chi connectivity index (χ1v) is 18.1. The highest BCUT2D eigenvalue weighted by atomic mass is 32.1. The molecule has 48 heavy (non-hydrogen) atoms. The van der Waals surface area contributed by atoms with Gasteiger partial charge >= 0.3 is 0 Å². The molecule has 0 unspecified atom stereocenters. The van der Waals surface area contributed by atoms with Crippen molar-refractivity contribution < 1.29 is 4.79 Å². The Balaban J connectivity index is 1.28. The third-order valence-electron chi connectivity index (χ3n) is 10.9. The SMILES string of the molecule is O=C1c2ccccc2-c2ccc3c4ccc5c6c(ccc(c7ccc1c2c73)c64)-c1c-5c(-c2cccs2)c2ccccc2c1-c1cccs1. The first kappa shape index (κ1) is 25.5. The summed E-state index contributed by atoms with van der Waals surface area (Å²) in [6, 6.07) is 44.2. The molecule has 3 heteroatoms. The maximum atomic E-state index is 13.8. The minimum atomic E-state index is 0.117. The molecule has 0 bridgehead atoms. The minimum absolute atomic E-state index is 0.117. The lowest BCUT2D eigenvalue weighted by Gasteiger charge is -2.23. The summed E-state index contributed by atoms with van der Waals surface area (Å²) in [6.07, 6.45) is 0. The Kier molecular flexibility index (Phi) is 4.69. The van der Waals surface area contributed by atoms with Crippen molar-refractivity contribution in [3.05, 3.63) is 143 Å². The molecule has 0 spiro atoms. The largest absolute Gasteiger partial charge is 0.289 e. The number of thiophene rings is 2. The van der Waals surface area contributed by atoms with Crippen LogP contribution in [-0.2, 0) is 0 Å². The summed E-state index contributed by atoms with van der Waals surface area (Å²) >= 11 is 3.64. The fraction of sp³-hybridized carbons (Fsp3) is 0. The van der Waals surface area contributed by atoms with E-state index in [1.807, 2.05) is 40.9 Å². The van der Waals surface area contributed by atoms with E-state index in [0.29, 0.717) is 0 Å². The minimum Gasteiger partial charge on any atom is -0.289 e. The molecule has 8 aromatic carbocycles. The van der Waals surface area contributed by atoms with E-state index in [-0.39, 0.29) is 5.78 Å². The Morgan fingerprint density at radius 1 is 0.312 bits per heavy atom. The Labute approximate surface area is 283 Å². The van der Waals surface area contributed by atoms with Crippen molar-refractivity contribution in [2.75, 3.05) is 0 Å². The van der Waals surface area contributed by atoms with Crippen LogP contribution in [-0.4, -0.2) is 5.78 Å². The van der Waals surface area contributed by atoms with Crippen molar-refractivity contribution in [2.45, 2.75) is 0 Å². The first-order chi connectivity index (χ1) is 23.8. The molecule has 10 aromatic rings. The molecular weight excluding hydrogens is 621 g/mol. The van der Waals surface area contributed by atoms with Crippen molar-refractivity contribution in [1.82, 2.24) is 0 Å². The summed E-state index contributed by atoms with van der Waals surface area (Å²) in [5, 5.41) is 16.9. The third-order valence-corrected chi connectivity index (χ3v) is 12.7. The highest BCUT2D eigenvalue weighted by Gasteiger charge is 2.33. The predicted molar refractivity (Wildman–Crippen MR) is 205 cm³/mol. The molecule has 2 aliphatic rings. The van der Waals surface area contributed by atoms with E-state index in [0.717, 1.165) is 27.6 Å². The molecule has 12 rings (SSSR count). The molecule has 220 valence electrons. The quantitative estimate of drug-likeness (QED) is 0.135. The van der Waals surface area contributed by atoms with Gasteiger partial charge in [0.05, 0.1) is 0 Å². The van der Waals surface area contributed by atoms with Crippen LogP contribution in [0.5, 0.6) is 0 Å². The maximum Gasteiger partial charge on any atom is 0.194 e. The van der Waals surface area contributed by atoms with Crippen LogP contribution in [0.3, 0.4) is 0 Å². The van der Waals surface area contributed by atoms with Gasteiger partial charge in [-0.2, -0.15) is 0 Å². The van der Waals surface area contributed by atoms with Crippen LogP contribution in [0.25, 0.3) is 108 Å². The van der Waals surface area contributed by atoms with Crippen molar-refractivity contribution in [3.8, 4) is 54.3 Å². The Morgan fingerprint density at radius 3 is 1.29 bits per heavy atom. The van der Waals surface area contributed by atoms with Crippen LogP contribution in [0, 0.1) is 0 Å². The lowest BCUT2D eigenvalue weighted by atomic mass is 9.79. The zero-order valence-electron chi connectivity index (χ0n) is 25.4. The fourth-order valence-corrected chi connectivity index (χ4v) is 10.7. The topological polar surface area (TPSA) is 17.1 Å². The molecule has 2 heterocycles. The fourth-order valence-electron chi connectivity index (χ4n) is 9.11. The highest BCUT2D eigenvalue weighted by molar-refractivity contribution is 7.14. The molecular formula is C45H22OS2. The lowest BCUT2D eigenvalue weighted by Crippen LogP contribution is -2.10. The van der Waals surface area contributed by atoms with Gasteiger partial charge in [0.2, 0.25) is 0 Å². The maximum absolute atomic E-state index is 13.8. The second-order valence-electron chi connectivity index (χ2n) is 13.0. The Bertz CT molecular complexity index is 2920. The smallest absolute Gasteiger partial charge is 0.194 e. The summed E-state index contributed by atoms with van der Waals surface area (Å²) in [4.78, 5) is 16.4. The van der Waals surface area contributed by atoms with Crippen molar-refractivity contribution in [2.24, 2.45) is 0 Å². The molecule has 0 aliphatic heterocycles. The highest BCUT2D eigenvalue weighted by Crippen LogP contribution is 2.60. The molecule has 0 radical (unpaired) electrons. The zero-order chi connectivity index (χ0) is 31.2. The van der Waals surface area contributed by atoms with E-state index in [4.69, 9.17) is 0 Å². The van der Waals surface area contributed by atoms with Gasteiger partial charge in [0.25, 0.3) is 0 Å². The standard InChI is InChI=1S/C45H22OS2/c46-45-31-10-4-1-7-23(31)26-13-14-27-28-15-18-32-40-33(19-16-29(38(28)40)30-17-20-34(45)39(26)37(27)30)44-42(36-12-6-22-48-36)25-9-3-2-8-24(25)41(43(32)44)35-11-5-21-47-35/h1-22H. The molecule has 2 aromatic heterocycles. The normalized spacial score (nSPS) is 13.0. The van der Waals surface area contributed by atoms with Crippen LogP contribution < -0.4 is 0 Å². The molecule has 1 nitrogen and oxygen atoms in total. The van der Waals surface area contributed by atoms with E-state index in [2.05, 4.69) is 114 Å². The lowest BCUT2D eigenvalue weighted by molar-refractivity contribution is 0.104. The Hall–Kier alpha value is -5.61. The number of benzene rings is 8. The average molecular weight is 643 g/mol. The van der Waals surface area contributed by atoms with E-state index >= 15 is 0 Å². The van der Waals surface area contributed by atoms with Crippen LogP contribution in [0.2, 0.25) is 0 Å². The van der Waals surface area contributed by atoms with Gasteiger partial charge in [0.15, 0.2) is 5.78 Å². The molecule has 2 aliphatic carbocycles. The van der Waals surface area contributed by atoms with Crippen LogP contribution in [0.15, 0.2) is 132 Å². The molecule has 0 saturated heterocycles. The van der Waals surface area contributed by atoms with E-state index in [1.54, 1.807) is 0 Å².